The number of benzene rings is 3. The summed E-state index contributed by atoms with van der Waals surface area (Å²) in [5.74, 6) is 0.845. The van der Waals surface area contributed by atoms with Crippen LogP contribution in [-0.4, -0.2) is 37.7 Å². The lowest BCUT2D eigenvalue weighted by Gasteiger charge is -2.27. The van der Waals surface area contributed by atoms with Gasteiger partial charge >= 0.3 is 0 Å². The summed E-state index contributed by atoms with van der Waals surface area (Å²) in [5, 5.41) is 24.6. The van der Waals surface area contributed by atoms with Crippen LogP contribution in [0.2, 0.25) is 0 Å². The Morgan fingerprint density at radius 3 is 2.15 bits per heavy atom. The monoisotopic (exact) mass is 619 g/mol. The average Bonchev–Trinajstić information content (AvgIpc) is 3.32. The Bertz CT molecular complexity index is 1480. The molecule has 0 spiro atoms. The number of aromatic hydroxyl groups is 1. The number of thioether (sulfide) groups is 1. The minimum atomic E-state index is -0.264. The van der Waals surface area contributed by atoms with Crippen molar-refractivity contribution in [3.8, 4) is 22.8 Å². The van der Waals surface area contributed by atoms with E-state index in [0.717, 1.165) is 32.4 Å². The van der Waals surface area contributed by atoms with Gasteiger partial charge in [-0.25, -0.2) is 5.43 Å². The molecule has 7 nitrogen and oxygen atoms in total. The van der Waals surface area contributed by atoms with Gasteiger partial charge in [-0.15, -0.1) is 10.2 Å². The summed E-state index contributed by atoms with van der Waals surface area (Å²) in [6, 6.07) is 21.5. The molecule has 0 radical (unpaired) electrons. The van der Waals surface area contributed by atoms with Gasteiger partial charge in [0.05, 0.1) is 12.0 Å². The molecule has 1 aromatic heterocycles. The molecule has 0 saturated heterocycles. The maximum absolute atomic E-state index is 12.7. The van der Waals surface area contributed by atoms with E-state index in [1.807, 2.05) is 71.3 Å². The van der Waals surface area contributed by atoms with Gasteiger partial charge in [0.25, 0.3) is 5.91 Å². The Morgan fingerprint density at radius 1 is 0.975 bits per heavy atom. The molecule has 40 heavy (non-hydrogen) atoms. The molecule has 208 valence electrons. The van der Waals surface area contributed by atoms with E-state index in [0.29, 0.717) is 16.7 Å². The summed E-state index contributed by atoms with van der Waals surface area (Å²) in [5.41, 5.74) is 6.42. The minimum Gasteiger partial charge on any atom is -0.507 e. The second-order valence-electron chi connectivity index (χ2n) is 11.5. The number of aromatic nitrogens is 3. The Balaban J connectivity index is 1.51. The molecule has 9 heteroatoms. The Kier molecular flexibility index (Phi) is 8.85. The standard InChI is InChI=1S/C31H34BrN5O2S/c1-30(2,3)24-16-20(17-25(27(24)39)31(4,5)6)18-33-34-26(38)19-40-29-36-35-28(21-12-14-22(32)15-13-21)37(29)23-10-8-7-9-11-23/h7-18,39H,19H2,1-6H3,(H,34,38). The number of carbonyl (C=O) groups excluding carboxylic acids is 1. The largest absolute Gasteiger partial charge is 0.507 e. The van der Waals surface area contributed by atoms with Gasteiger partial charge in [0.15, 0.2) is 11.0 Å². The van der Waals surface area contributed by atoms with Crippen molar-refractivity contribution in [2.75, 3.05) is 5.75 Å². The number of hydrogen-bond donors (Lipinski definition) is 2. The zero-order valence-corrected chi connectivity index (χ0v) is 26.0. The predicted octanol–water partition coefficient (Wildman–Crippen LogP) is 7.24. The van der Waals surface area contributed by atoms with E-state index in [-0.39, 0.29) is 22.5 Å². The normalized spacial score (nSPS) is 12.2. The molecule has 1 heterocycles. The van der Waals surface area contributed by atoms with Crippen molar-refractivity contribution < 1.29 is 9.90 Å². The molecule has 0 aliphatic carbocycles. The van der Waals surface area contributed by atoms with Crippen molar-refractivity contribution in [1.82, 2.24) is 20.2 Å². The summed E-state index contributed by atoms with van der Waals surface area (Å²) in [4.78, 5) is 12.7. The van der Waals surface area contributed by atoms with Gasteiger partial charge in [0, 0.05) is 26.9 Å². The molecule has 0 bridgehead atoms. The fourth-order valence-corrected chi connectivity index (χ4v) is 5.18. The van der Waals surface area contributed by atoms with E-state index < -0.39 is 0 Å². The van der Waals surface area contributed by atoms with Crippen molar-refractivity contribution in [3.05, 3.63) is 87.9 Å². The van der Waals surface area contributed by atoms with E-state index in [1.54, 1.807) is 6.21 Å². The molecule has 4 aromatic rings. The maximum atomic E-state index is 12.7. The van der Waals surface area contributed by atoms with Crippen LogP contribution in [0.5, 0.6) is 5.75 Å². The summed E-state index contributed by atoms with van der Waals surface area (Å²) in [6.45, 7) is 12.4. The Morgan fingerprint density at radius 2 is 1.57 bits per heavy atom. The molecular formula is C31H34BrN5O2S. The molecule has 0 saturated carbocycles. The average molecular weight is 621 g/mol. The lowest BCUT2D eigenvalue weighted by Crippen LogP contribution is -2.20. The first-order valence-corrected chi connectivity index (χ1v) is 14.7. The van der Waals surface area contributed by atoms with Crippen LogP contribution in [0.1, 0.15) is 58.2 Å². The number of nitrogens with zero attached hydrogens (tertiary/aromatic N) is 4. The number of phenolic OH excluding ortho intramolecular Hbond substituents is 1. The van der Waals surface area contributed by atoms with Crippen LogP contribution in [-0.2, 0) is 15.6 Å². The molecule has 4 rings (SSSR count). The third-order valence-corrected chi connectivity index (χ3v) is 7.69. The number of hydrogen-bond acceptors (Lipinski definition) is 6. The highest BCUT2D eigenvalue weighted by atomic mass is 79.9. The number of phenols is 1. The lowest BCUT2D eigenvalue weighted by molar-refractivity contribution is -0.118. The van der Waals surface area contributed by atoms with Crippen molar-refractivity contribution in [3.63, 3.8) is 0 Å². The first-order valence-electron chi connectivity index (χ1n) is 12.9. The maximum Gasteiger partial charge on any atom is 0.250 e. The topological polar surface area (TPSA) is 92.4 Å². The molecule has 0 atom stereocenters. The summed E-state index contributed by atoms with van der Waals surface area (Å²) in [7, 11) is 0. The number of amides is 1. The van der Waals surface area contributed by atoms with Gasteiger partial charge in [-0.3, -0.25) is 9.36 Å². The third kappa shape index (κ3) is 7.01. The highest BCUT2D eigenvalue weighted by Crippen LogP contribution is 2.39. The molecular weight excluding hydrogens is 586 g/mol. The number of carbonyl (C=O) groups is 1. The predicted molar refractivity (Wildman–Crippen MR) is 166 cm³/mol. The van der Waals surface area contributed by atoms with Gasteiger partial charge in [0.1, 0.15) is 5.75 Å². The van der Waals surface area contributed by atoms with E-state index in [2.05, 4.69) is 78.2 Å². The highest BCUT2D eigenvalue weighted by molar-refractivity contribution is 9.10. The fraction of sp³-hybridized carbons (Fsp3) is 0.290. The van der Waals surface area contributed by atoms with Gasteiger partial charge in [0.2, 0.25) is 0 Å². The highest BCUT2D eigenvalue weighted by Gasteiger charge is 2.26. The van der Waals surface area contributed by atoms with Crippen LogP contribution in [0.25, 0.3) is 17.1 Å². The first kappa shape index (κ1) is 29.6. The van der Waals surface area contributed by atoms with E-state index in [1.165, 1.54) is 11.8 Å². The Hall–Kier alpha value is -3.43. The first-order chi connectivity index (χ1) is 18.8. The van der Waals surface area contributed by atoms with Crippen LogP contribution in [0.4, 0.5) is 0 Å². The van der Waals surface area contributed by atoms with Crippen molar-refractivity contribution in [2.24, 2.45) is 5.10 Å². The summed E-state index contributed by atoms with van der Waals surface area (Å²) in [6.07, 6.45) is 1.62. The van der Waals surface area contributed by atoms with Crippen molar-refractivity contribution in [1.29, 1.82) is 0 Å². The molecule has 0 aliphatic heterocycles. The number of nitrogens with one attached hydrogen (secondary N) is 1. The van der Waals surface area contributed by atoms with Gasteiger partial charge in [-0.2, -0.15) is 5.10 Å². The van der Waals surface area contributed by atoms with Crippen LogP contribution >= 0.6 is 27.7 Å². The van der Waals surface area contributed by atoms with Crippen LogP contribution < -0.4 is 5.43 Å². The fourth-order valence-electron chi connectivity index (χ4n) is 4.18. The van der Waals surface area contributed by atoms with Crippen LogP contribution in [0.15, 0.2) is 81.5 Å². The van der Waals surface area contributed by atoms with Gasteiger partial charge in [-0.1, -0.05) is 99.6 Å². The number of hydrazone groups is 1. The summed E-state index contributed by atoms with van der Waals surface area (Å²) >= 11 is 4.77. The third-order valence-electron chi connectivity index (χ3n) is 6.23. The second kappa shape index (κ2) is 12.0. The zero-order valence-electron chi connectivity index (χ0n) is 23.6. The van der Waals surface area contributed by atoms with Crippen LogP contribution in [0.3, 0.4) is 0 Å². The molecule has 3 aromatic carbocycles. The quantitative estimate of drug-likeness (QED) is 0.129. The van der Waals surface area contributed by atoms with E-state index in [9.17, 15) is 9.90 Å². The minimum absolute atomic E-state index is 0.110. The van der Waals surface area contributed by atoms with Gasteiger partial charge < -0.3 is 5.11 Å². The smallest absolute Gasteiger partial charge is 0.250 e. The SMILES string of the molecule is CC(C)(C)c1cc(C=NNC(=O)CSc2nnc(-c3ccc(Br)cc3)n2-c2ccccc2)cc(C(C)(C)C)c1O. The number of rotatable bonds is 7. The van der Waals surface area contributed by atoms with Crippen LogP contribution in [0, 0.1) is 0 Å². The molecule has 2 N–H and O–H groups in total. The lowest BCUT2D eigenvalue weighted by atomic mass is 9.78. The summed E-state index contributed by atoms with van der Waals surface area (Å²) < 4.78 is 2.92. The Labute approximate surface area is 248 Å². The zero-order chi connectivity index (χ0) is 29.1. The van der Waals surface area contributed by atoms with Crippen molar-refractivity contribution in [2.45, 2.75) is 57.5 Å². The molecule has 0 unspecified atom stereocenters. The van der Waals surface area contributed by atoms with E-state index in [4.69, 9.17) is 0 Å². The van der Waals surface area contributed by atoms with E-state index >= 15 is 0 Å². The molecule has 0 aliphatic rings. The number of para-hydroxylation sites is 1. The molecule has 0 fully saturated rings. The van der Waals surface area contributed by atoms with Gasteiger partial charge in [-0.05, 0) is 52.8 Å². The number of halogens is 1. The molecule has 1 amide bonds. The second-order valence-corrected chi connectivity index (χ2v) is 13.4. The van der Waals surface area contributed by atoms with Crippen molar-refractivity contribution >= 4 is 39.8 Å².